The van der Waals surface area contributed by atoms with Crippen LogP contribution in [-0.2, 0) is 11.2 Å². The van der Waals surface area contributed by atoms with Gasteiger partial charge in [0.15, 0.2) is 0 Å². The molecule has 0 aliphatic carbocycles. The molecule has 0 spiro atoms. The highest BCUT2D eigenvalue weighted by Gasteiger charge is 2.24. The van der Waals surface area contributed by atoms with Gasteiger partial charge in [-0.2, -0.15) is 4.98 Å². The summed E-state index contributed by atoms with van der Waals surface area (Å²) in [5, 5.41) is 4.75. The van der Waals surface area contributed by atoms with Gasteiger partial charge in [-0.15, -0.1) is 0 Å². The van der Waals surface area contributed by atoms with Crippen LogP contribution in [0.3, 0.4) is 0 Å². The van der Waals surface area contributed by atoms with Gasteiger partial charge in [-0.1, -0.05) is 28.9 Å². The van der Waals surface area contributed by atoms with Crippen molar-refractivity contribution in [2.75, 3.05) is 26.7 Å². The van der Waals surface area contributed by atoms with E-state index in [9.17, 15) is 0 Å². The minimum atomic E-state index is -0.100. The number of hydrogen-bond acceptors (Lipinski definition) is 5. The fourth-order valence-electron chi connectivity index (χ4n) is 2.18. The summed E-state index contributed by atoms with van der Waals surface area (Å²) in [5.41, 5.74) is 1.09. The van der Waals surface area contributed by atoms with Crippen LogP contribution in [0.5, 0.6) is 0 Å². The van der Waals surface area contributed by atoms with Crippen LogP contribution in [0.15, 0.2) is 28.8 Å². The molecule has 0 amide bonds. The van der Waals surface area contributed by atoms with Gasteiger partial charge in [0.2, 0.25) is 11.7 Å². The van der Waals surface area contributed by atoms with Crippen molar-refractivity contribution in [1.29, 1.82) is 0 Å². The van der Waals surface area contributed by atoms with Gasteiger partial charge in [0.1, 0.15) is 6.10 Å². The molecule has 1 fully saturated rings. The Morgan fingerprint density at radius 1 is 1.35 bits per heavy atom. The van der Waals surface area contributed by atoms with E-state index in [0.717, 1.165) is 23.7 Å². The zero-order valence-corrected chi connectivity index (χ0v) is 12.0. The number of hydrogen-bond donors (Lipinski definition) is 0. The quantitative estimate of drug-likeness (QED) is 0.869. The molecule has 1 saturated heterocycles. The first-order valence-corrected chi connectivity index (χ1v) is 6.95. The van der Waals surface area contributed by atoms with Gasteiger partial charge in [0.25, 0.3) is 0 Å². The summed E-state index contributed by atoms with van der Waals surface area (Å²) in [5.74, 6) is 1.22. The van der Waals surface area contributed by atoms with Gasteiger partial charge in [-0.3, -0.25) is 0 Å². The fraction of sp³-hybridized carbons (Fsp3) is 0.429. The average Bonchev–Trinajstić information content (AvgIpc) is 2.90. The second kappa shape index (κ2) is 5.91. The van der Waals surface area contributed by atoms with Gasteiger partial charge >= 0.3 is 0 Å². The maximum atomic E-state index is 5.86. The van der Waals surface area contributed by atoms with E-state index in [4.69, 9.17) is 20.9 Å². The van der Waals surface area contributed by atoms with Gasteiger partial charge in [-0.25, -0.2) is 0 Å². The molecule has 0 radical (unpaired) electrons. The highest BCUT2D eigenvalue weighted by Crippen LogP contribution is 2.20. The number of nitrogens with zero attached hydrogens (tertiary/aromatic N) is 3. The first-order chi connectivity index (χ1) is 9.70. The van der Waals surface area contributed by atoms with E-state index in [0.29, 0.717) is 24.7 Å². The van der Waals surface area contributed by atoms with Crippen molar-refractivity contribution in [2.45, 2.75) is 12.5 Å². The van der Waals surface area contributed by atoms with Crippen LogP contribution >= 0.6 is 11.6 Å². The Morgan fingerprint density at radius 3 is 2.90 bits per heavy atom. The Hall–Kier alpha value is -1.43. The minimum Gasteiger partial charge on any atom is -0.367 e. The van der Waals surface area contributed by atoms with E-state index in [1.807, 2.05) is 24.3 Å². The molecule has 6 heteroatoms. The van der Waals surface area contributed by atoms with Crippen molar-refractivity contribution in [3.63, 3.8) is 0 Å². The maximum absolute atomic E-state index is 5.86. The Morgan fingerprint density at radius 2 is 2.15 bits per heavy atom. The highest BCUT2D eigenvalue weighted by atomic mass is 35.5. The summed E-state index contributed by atoms with van der Waals surface area (Å²) < 4.78 is 11.0. The lowest BCUT2D eigenvalue weighted by atomic mass is 10.1. The minimum absolute atomic E-state index is 0.100. The molecule has 20 heavy (non-hydrogen) atoms. The van der Waals surface area contributed by atoms with E-state index < -0.39 is 0 Å². The standard InChI is InChI=1S/C14H16ClN3O2/c1-18-6-7-19-12(9-18)14-16-13(20-17-14)8-10-2-4-11(15)5-3-10/h2-5,12H,6-9H2,1H3. The third-order valence-electron chi connectivity index (χ3n) is 3.31. The molecule has 0 N–H and O–H groups in total. The number of benzene rings is 1. The molecule has 106 valence electrons. The summed E-state index contributed by atoms with van der Waals surface area (Å²) in [4.78, 5) is 6.62. The molecule has 2 heterocycles. The van der Waals surface area contributed by atoms with Crippen molar-refractivity contribution in [2.24, 2.45) is 0 Å². The smallest absolute Gasteiger partial charge is 0.231 e. The third-order valence-corrected chi connectivity index (χ3v) is 3.56. The Labute approximate surface area is 122 Å². The number of morpholine rings is 1. The highest BCUT2D eigenvalue weighted by molar-refractivity contribution is 6.30. The second-order valence-electron chi connectivity index (χ2n) is 4.97. The SMILES string of the molecule is CN1CCOC(c2noc(Cc3ccc(Cl)cc3)n2)C1. The van der Waals surface area contributed by atoms with Crippen LogP contribution in [0.25, 0.3) is 0 Å². The topological polar surface area (TPSA) is 51.4 Å². The molecule has 1 aliphatic rings. The number of rotatable bonds is 3. The van der Waals surface area contributed by atoms with Crippen LogP contribution in [0.4, 0.5) is 0 Å². The zero-order valence-electron chi connectivity index (χ0n) is 11.3. The van der Waals surface area contributed by atoms with Crippen molar-refractivity contribution in [3.8, 4) is 0 Å². The molecular formula is C14H16ClN3O2. The molecule has 1 aromatic heterocycles. The molecule has 1 aliphatic heterocycles. The summed E-state index contributed by atoms with van der Waals surface area (Å²) in [7, 11) is 2.06. The van der Waals surface area contributed by atoms with E-state index in [2.05, 4.69) is 22.1 Å². The van der Waals surface area contributed by atoms with Crippen LogP contribution in [-0.4, -0.2) is 41.8 Å². The molecule has 3 rings (SSSR count). The Kier molecular flexibility index (Phi) is 4.00. The number of likely N-dealkylation sites (N-methyl/N-ethyl adjacent to an activating group) is 1. The maximum Gasteiger partial charge on any atom is 0.231 e. The van der Waals surface area contributed by atoms with E-state index >= 15 is 0 Å². The predicted octanol–water partition coefficient (Wildman–Crippen LogP) is 2.32. The fourth-order valence-corrected chi connectivity index (χ4v) is 2.31. The van der Waals surface area contributed by atoms with E-state index in [1.54, 1.807) is 0 Å². The average molecular weight is 294 g/mol. The first-order valence-electron chi connectivity index (χ1n) is 6.58. The third kappa shape index (κ3) is 3.17. The molecule has 1 atom stereocenters. The van der Waals surface area contributed by atoms with Gasteiger partial charge in [0.05, 0.1) is 13.0 Å². The largest absolute Gasteiger partial charge is 0.367 e. The lowest BCUT2D eigenvalue weighted by molar-refractivity contribution is -0.0264. The summed E-state index contributed by atoms with van der Waals surface area (Å²) >= 11 is 5.86. The lowest BCUT2D eigenvalue weighted by Crippen LogP contribution is -2.35. The van der Waals surface area contributed by atoms with Gasteiger partial charge in [0, 0.05) is 18.1 Å². The van der Waals surface area contributed by atoms with Crippen LogP contribution in [0.1, 0.15) is 23.4 Å². The second-order valence-corrected chi connectivity index (χ2v) is 5.41. The molecule has 1 unspecified atom stereocenters. The molecule has 0 bridgehead atoms. The van der Waals surface area contributed by atoms with Crippen molar-refractivity contribution in [3.05, 3.63) is 46.6 Å². The normalized spacial score (nSPS) is 20.2. The predicted molar refractivity (Wildman–Crippen MR) is 74.7 cm³/mol. The summed E-state index contributed by atoms with van der Waals surface area (Å²) in [6, 6.07) is 7.62. The number of halogens is 1. The molecular weight excluding hydrogens is 278 g/mol. The number of ether oxygens (including phenoxy) is 1. The monoisotopic (exact) mass is 293 g/mol. The summed E-state index contributed by atoms with van der Waals surface area (Å²) in [6.07, 6.45) is 0.503. The Bertz CT molecular complexity index is 570. The lowest BCUT2D eigenvalue weighted by Gasteiger charge is -2.27. The first kappa shape index (κ1) is 13.5. The molecule has 0 saturated carbocycles. The van der Waals surface area contributed by atoms with Crippen molar-refractivity contribution in [1.82, 2.24) is 15.0 Å². The van der Waals surface area contributed by atoms with Gasteiger partial charge in [-0.05, 0) is 24.7 Å². The van der Waals surface area contributed by atoms with Crippen molar-refractivity contribution < 1.29 is 9.26 Å². The Balaban J connectivity index is 1.68. The number of aromatic nitrogens is 2. The van der Waals surface area contributed by atoms with E-state index in [1.165, 1.54) is 0 Å². The summed E-state index contributed by atoms with van der Waals surface area (Å²) in [6.45, 7) is 2.42. The van der Waals surface area contributed by atoms with E-state index in [-0.39, 0.29) is 6.10 Å². The van der Waals surface area contributed by atoms with Crippen LogP contribution in [0, 0.1) is 0 Å². The van der Waals surface area contributed by atoms with Crippen LogP contribution < -0.4 is 0 Å². The van der Waals surface area contributed by atoms with Crippen LogP contribution in [0.2, 0.25) is 5.02 Å². The molecule has 2 aromatic rings. The molecule has 1 aromatic carbocycles. The molecule has 5 nitrogen and oxygen atoms in total. The van der Waals surface area contributed by atoms with Gasteiger partial charge < -0.3 is 14.2 Å². The zero-order chi connectivity index (χ0) is 13.9. The van der Waals surface area contributed by atoms with Crippen molar-refractivity contribution >= 4 is 11.6 Å².